The molecule has 2 aromatic heterocycles. The molecule has 2 aromatic carbocycles. The lowest BCUT2D eigenvalue weighted by molar-refractivity contribution is -0.121. The van der Waals surface area contributed by atoms with E-state index in [1.54, 1.807) is 22.0 Å². The number of rotatable bonds is 9. The highest BCUT2D eigenvalue weighted by Gasteiger charge is 2.14. The third kappa shape index (κ3) is 5.31. The Morgan fingerprint density at radius 3 is 2.52 bits per heavy atom. The van der Waals surface area contributed by atoms with Crippen LogP contribution in [0.4, 0.5) is 0 Å². The molecule has 4 aromatic rings. The van der Waals surface area contributed by atoms with Crippen LogP contribution in [0.1, 0.15) is 35.3 Å². The first kappa shape index (κ1) is 22.7. The van der Waals surface area contributed by atoms with Crippen molar-refractivity contribution in [3.05, 3.63) is 103 Å². The number of aryl methyl sites for hydroxylation is 1. The van der Waals surface area contributed by atoms with E-state index in [1.807, 2.05) is 66.9 Å². The topological polar surface area (TPSA) is 73.1 Å². The van der Waals surface area contributed by atoms with Gasteiger partial charge in [-0.2, -0.15) is 0 Å². The summed E-state index contributed by atoms with van der Waals surface area (Å²) in [6, 6.07) is 19.1. The Balaban J connectivity index is 1.49. The van der Waals surface area contributed by atoms with Crippen molar-refractivity contribution < 1.29 is 4.79 Å². The third-order valence-corrected chi connectivity index (χ3v) is 6.67. The van der Waals surface area contributed by atoms with E-state index in [4.69, 9.17) is 0 Å². The van der Waals surface area contributed by atoms with Crippen LogP contribution in [0.25, 0.3) is 10.9 Å². The number of hydrogen-bond donors (Lipinski definition) is 1. The average molecular weight is 462 g/mol. The maximum atomic E-state index is 13.3. The van der Waals surface area contributed by atoms with Crippen molar-refractivity contribution >= 4 is 28.1 Å². The van der Waals surface area contributed by atoms with Crippen LogP contribution in [0.3, 0.4) is 0 Å². The van der Waals surface area contributed by atoms with Gasteiger partial charge in [0.25, 0.3) is 5.56 Å². The van der Waals surface area contributed by atoms with Crippen LogP contribution >= 0.6 is 11.3 Å². The molecular formula is C26H27N3O3S. The van der Waals surface area contributed by atoms with Crippen LogP contribution in [0, 0.1) is 6.92 Å². The van der Waals surface area contributed by atoms with Crippen LogP contribution in [0.15, 0.2) is 75.6 Å². The largest absolute Gasteiger partial charge is 0.351 e. The molecule has 0 fully saturated rings. The molecule has 0 aliphatic rings. The Bertz CT molecular complexity index is 1370. The second kappa shape index (κ2) is 10.4. The summed E-state index contributed by atoms with van der Waals surface area (Å²) in [4.78, 5) is 39.6. The van der Waals surface area contributed by atoms with E-state index in [0.717, 1.165) is 16.0 Å². The smallest absolute Gasteiger partial charge is 0.331 e. The Kier molecular flexibility index (Phi) is 7.19. The number of carbonyl (C=O) groups is 1. The van der Waals surface area contributed by atoms with Gasteiger partial charge in [0.2, 0.25) is 5.91 Å². The third-order valence-electron chi connectivity index (χ3n) is 5.80. The molecule has 4 rings (SSSR count). The molecule has 33 heavy (non-hydrogen) atoms. The minimum Gasteiger partial charge on any atom is -0.351 e. The zero-order valence-electron chi connectivity index (χ0n) is 18.6. The molecule has 6 nitrogen and oxygen atoms in total. The predicted octanol–water partition coefficient (Wildman–Crippen LogP) is 4.07. The molecule has 0 atom stereocenters. The zero-order valence-corrected chi connectivity index (χ0v) is 19.4. The fraction of sp³-hybridized carbons (Fsp3) is 0.269. The molecule has 0 saturated heterocycles. The SMILES string of the molecule is Cc1ccccc1Cn1c(=O)n(CCCCC(=O)NCc2cccs2)c(=O)c2ccccc21. The monoisotopic (exact) mass is 461 g/mol. The van der Waals surface area contributed by atoms with Crippen LogP contribution in [-0.2, 0) is 24.4 Å². The normalized spacial score (nSPS) is 11.1. The Morgan fingerprint density at radius 2 is 1.73 bits per heavy atom. The summed E-state index contributed by atoms with van der Waals surface area (Å²) >= 11 is 1.61. The first-order valence-electron chi connectivity index (χ1n) is 11.1. The van der Waals surface area contributed by atoms with E-state index >= 15 is 0 Å². The van der Waals surface area contributed by atoms with Crippen LogP contribution in [0.2, 0.25) is 0 Å². The second-order valence-corrected chi connectivity index (χ2v) is 9.11. The fourth-order valence-electron chi connectivity index (χ4n) is 3.92. The molecule has 0 bridgehead atoms. The molecule has 1 N–H and O–H groups in total. The Hall–Kier alpha value is -3.45. The summed E-state index contributed by atoms with van der Waals surface area (Å²) in [6.07, 6.45) is 1.54. The lowest BCUT2D eigenvalue weighted by Crippen LogP contribution is -2.40. The van der Waals surface area contributed by atoms with E-state index in [0.29, 0.717) is 43.3 Å². The second-order valence-electron chi connectivity index (χ2n) is 8.08. The minimum atomic E-state index is -0.316. The maximum absolute atomic E-state index is 13.3. The van der Waals surface area contributed by atoms with Gasteiger partial charge in [0, 0.05) is 17.8 Å². The first-order valence-corrected chi connectivity index (χ1v) is 12.0. The Labute approximate surface area is 196 Å². The van der Waals surface area contributed by atoms with Gasteiger partial charge < -0.3 is 5.32 Å². The summed E-state index contributed by atoms with van der Waals surface area (Å²) < 4.78 is 2.98. The quantitative estimate of drug-likeness (QED) is 0.382. The van der Waals surface area contributed by atoms with Gasteiger partial charge in [0.1, 0.15) is 0 Å². The standard InChI is InChI=1S/C26H27N3O3S/c1-19-9-2-3-10-20(19)18-29-23-13-5-4-12-22(23)25(31)28(26(29)32)15-7-6-14-24(30)27-17-21-11-8-16-33-21/h2-5,8-13,16H,6-7,14-15,17-18H2,1H3,(H,27,30). The van der Waals surface area contributed by atoms with Gasteiger partial charge in [-0.15, -0.1) is 11.3 Å². The molecule has 2 heterocycles. The van der Waals surface area contributed by atoms with Crippen molar-refractivity contribution in [1.82, 2.24) is 14.5 Å². The van der Waals surface area contributed by atoms with Gasteiger partial charge in [-0.25, -0.2) is 4.79 Å². The van der Waals surface area contributed by atoms with Crippen LogP contribution in [0.5, 0.6) is 0 Å². The number of amides is 1. The number of carbonyl (C=O) groups excluding carboxylic acids is 1. The molecule has 0 unspecified atom stereocenters. The highest BCUT2D eigenvalue weighted by atomic mass is 32.1. The highest BCUT2D eigenvalue weighted by molar-refractivity contribution is 7.09. The number of aromatic nitrogens is 2. The number of benzene rings is 2. The number of unbranched alkanes of at least 4 members (excludes halogenated alkanes) is 1. The van der Waals surface area contributed by atoms with Gasteiger partial charge >= 0.3 is 5.69 Å². The predicted molar refractivity (Wildman–Crippen MR) is 133 cm³/mol. The van der Waals surface area contributed by atoms with Crippen LogP contribution < -0.4 is 16.6 Å². The molecule has 0 aliphatic carbocycles. The fourth-order valence-corrected chi connectivity index (χ4v) is 4.57. The molecule has 0 spiro atoms. The average Bonchev–Trinajstić information content (AvgIpc) is 3.35. The summed E-state index contributed by atoms with van der Waals surface area (Å²) in [5.41, 5.74) is 2.18. The summed E-state index contributed by atoms with van der Waals surface area (Å²) in [6.45, 7) is 3.23. The molecule has 1 amide bonds. The van der Waals surface area contributed by atoms with E-state index < -0.39 is 0 Å². The molecule has 0 radical (unpaired) electrons. The number of nitrogens with zero attached hydrogens (tertiary/aromatic N) is 2. The Morgan fingerprint density at radius 1 is 0.939 bits per heavy atom. The minimum absolute atomic E-state index is 0.0220. The van der Waals surface area contributed by atoms with E-state index in [-0.39, 0.29) is 23.7 Å². The van der Waals surface area contributed by atoms with Gasteiger partial charge in [-0.1, -0.05) is 42.5 Å². The lowest BCUT2D eigenvalue weighted by atomic mass is 10.1. The number of thiophene rings is 1. The molecular weight excluding hydrogens is 434 g/mol. The summed E-state index contributed by atoms with van der Waals surface area (Å²) in [7, 11) is 0. The van der Waals surface area contributed by atoms with E-state index in [9.17, 15) is 14.4 Å². The van der Waals surface area contributed by atoms with Gasteiger partial charge in [0.15, 0.2) is 0 Å². The van der Waals surface area contributed by atoms with Gasteiger partial charge in [-0.05, 0) is 54.5 Å². The number of hydrogen-bond acceptors (Lipinski definition) is 4. The molecule has 0 saturated carbocycles. The van der Waals surface area contributed by atoms with Crippen molar-refractivity contribution in [2.45, 2.75) is 45.8 Å². The highest BCUT2D eigenvalue weighted by Crippen LogP contribution is 2.13. The van der Waals surface area contributed by atoms with Crippen molar-refractivity contribution in [2.24, 2.45) is 0 Å². The van der Waals surface area contributed by atoms with Crippen LogP contribution in [-0.4, -0.2) is 15.0 Å². The van der Waals surface area contributed by atoms with Gasteiger partial charge in [-0.3, -0.25) is 18.7 Å². The molecule has 0 aliphatic heterocycles. The van der Waals surface area contributed by atoms with E-state index in [1.165, 1.54) is 4.57 Å². The zero-order chi connectivity index (χ0) is 23.2. The lowest BCUT2D eigenvalue weighted by Gasteiger charge is -2.15. The first-order chi connectivity index (χ1) is 16.0. The number of para-hydroxylation sites is 1. The van der Waals surface area contributed by atoms with Crippen molar-refractivity contribution in [3.8, 4) is 0 Å². The van der Waals surface area contributed by atoms with Crippen molar-refractivity contribution in [2.75, 3.05) is 0 Å². The molecule has 170 valence electrons. The van der Waals surface area contributed by atoms with Gasteiger partial charge in [0.05, 0.1) is 24.0 Å². The van der Waals surface area contributed by atoms with Crippen molar-refractivity contribution in [1.29, 1.82) is 0 Å². The van der Waals surface area contributed by atoms with Crippen molar-refractivity contribution in [3.63, 3.8) is 0 Å². The van der Waals surface area contributed by atoms with E-state index in [2.05, 4.69) is 5.32 Å². The maximum Gasteiger partial charge on any atom is 0.331 e. The summed E-state index contributed by atoms with van der Waals surface area (Å²) in [5, 5.41) is 5.42. The number of nitrogens with one attached hydrogen (secondary N) is 1. The summed E-state index contributed by atoms with van der Waals surface area (Å²) in [5.74, 6) is -0.0220. The molecule has 7 heteroatoms. The number of fused-ring (bicyclic) bond motifs is 1.